The Labute approximate surface area is 125 Å². The lowest BCUT2D eigenvalue weighted by Crippen LogP contribution is -2.35. The number of nitrogens with one attached hydrogen (secondary N) is 2. The molecule has 0 aliphatic heterocycles. The molecule has 1 aromatic carbocycles. The second-order valence-corrected chi connectivity index (χ2v) is 7.71. The highest BCUT2D eigenvalue weighted by Crippen LogP contribution is 2.24. The van der Waals surface area contributed by atoms with E-state index in [4.69, 9.17) is 4.74 Å². The van der Waals surface area contributed by atoms with Gasteiger partial charge in [-0.05, 0) is 30.7 Å². The van der Waals surface area contributed by atoms with Crippen molar-refractivity contribution in [2.75, 3.05) is 26.0 Å². The zero-order valence-corrected chi connectivity index (χ0v) is 13.8. The van der Waals surface area contributed by atoms with Crippen molar-refractivity contribution in [2.24, 2.45) is 5.41 Å². The van der Waals surface area contributed by atoms with E-state index in [0.717, 1.165) is 6.07 Å². The molecular weight excluding hydrogens is 295 g/mol. The van der Waals surface area contributed by atoms with E-state index in [1.165, 1.54) is 19.2 Å². The van der Waals surface area contributed by atoms with Gasteiger partial charge in [0.1, 0.15) is 5.82 Å². The third-order valence-electron chi connectivity index (χ3n) is 3.25. The zero-order valence-electron chi connectivity index (χ0n) is 13.0. The first-order valence-corrected chi connectivity index (χ1v) is 8.10. The van der Waals surface area contributed by atoms with E-state index in [1.807, 2.05) is 20.8 Å². The maximum Gasteiger partial charge on any atom is 0.240 e. The number of hydrogen-bond acceptors (Lipinski definition) is 4. The standard InChI is InChI=1S/C14H23FN2O3S/c1-14(2,3)13(20-5)9-17-12-7-6-10(8-11(12)15)21(18,19)16-4/h6-8,13,16-17H,9H2,1-5H3. The molecule has 0 saturated heterocycles. The number of halogens is 1. The average Bonchev–Trinajstić information content (AvgIpc) is 2.39. The molecule has 0 bridgehead atoms. The molecule has 0 aromatic heterocycles. The first kappa shape index (κ1) is 17.9. The van der Waals surface area contributed by atoms with E-state index in [-0.39, 0.29) is 22.1 Å². The fraction of sp³-hybridized carbons (Fsp3) is 0.571. The monoisotopic (exact) mass is 318 g/mol. The van der Waals surface area contributed by atoms with Crippen LogP contribution in [0.5, 0.6) is 0 Å². The van der Waals surface area contributed by atoms with Gasteiger partial charge in [0.25, 0.3) is 0 Å². The van der Waals surface area contributed by atoms with E-state index < -0.39 is 15.8 Å². The van der Waals surface area contributed by atoms with E-state index in [9.17, 15) is 12.8 Å². The minimum atomic E-state index is -3.64. The SMILES string of the molecule is CNS(=O)(=O)c1ccc(NCC(OC)C(C)(C)C)c(F)c1. The largest absolute Gasteiger partial charge is 0.380 e. The van der Waals surface area contributed by atoms with Crippen LogP contribution < -0.4 is 10.0 Å². The molecule has 1 aromatic rings. The molecule has 0 fully saturated rings. The van der Waals surface area contributed by atoms with Crippen molar-refractivity contribution in [3.8, 4) is 0 Å². The molecule has 21 heavy (non-hydrogen) atoms. The topological polar surface area (TPSA) is 67.4 Å². The Morgan fingerprint density at radius 3 is 2.38 bits per heavy atom. The Bertz CT molecular complexity index is 582. The Morgan fingerprint density at radius 1 is 1.33 bits per heavy atom. The zero-order chi connectivity index (χ0) is 16.3. The van der Waals surface area contributed by atoms with Crippen LogP contribution in [0.2, 0.25) is 0 Å². The van der Waals surface area contributed by atoms with Gasteiger partial charge in [-0.2, -0.15) is 0 Å². The van der Waals surface area contributed by atoms with E-state index in [2.05, 4.69) is 10.0 Å². The Kier molecular flexibility index (Phi) is 5.72. The van der Waals surface area contributed by atoms with Crippen LogP contribution in [0.25, 0.3) is 0 Å². The van der Waals surface area contributed by atoms with Crippen molar-refractivity contribution in [2.45, 2.75) is 31.8 Å². The molecule has 0 radical (unpaired) electrons. The lowest BCUT2D eigenvalue weighted by molar-refractivity contribution is 0.0268. The van der Waals surface area contributed by atoms with Crippen LogP contribution in [0.15, 0.2) is 23.1 Å². The third-order valence-corrected chi connectivity index (χ3v) is 4.66. The Morgan fingerprint density at radius 2 is 1.95 bits per heavy atom. The number of methoxy groups -OCH3 is 1. The molecule has 2 N–H and O–H groups in total. The molecular formula is C14H23FN2O3S. The van der Waals surface area contributed by atoms with Gasteiger partial charge < -0.3 is 10.1 Å². The van der Waals surface area contributed by atoms with Crippen molar-refractivity contribution in [3.05, 3.63) is 24.0 Å². The summed E-state index contributed by atoms with van der Waals surface area (Å²) in [4.78, 5) is -0.104. The van der Waals surface area contributed by atoms with Crippen LogP contribution in [0.3, 0.4) is 0 Å². The first-order chi connectivity index (χ1) is 9.61. The lowest BCUT2D eigenvalue weighted by atomic mass is 9.89. The van der Waals surface area contributed by atoms with Gasteiger partial charge in [0.2, 0.25) is 10.0 Å². The second kappa shape index (κ2) is 6.72. The minimum Gasteiger partial charge on any atom is -0.380 e. The Balaban J connectivity index is 2.88. The molecule has 0 spiro atoms. The summed E-state index contributed by atoms with van der Waals surface area (Å²) in [5.74, 6) is -0.616. The molecule has 1 atom stereocenters. The lowest BCUT2D eigenvalue weighted by Gasteiger charge is -2.29. The molecule has 0 heterocycles. The van der Waals surface area contributed by atoms with Gasteiger partial charge in [-0.15, -0.1) is 0 Å². The molecule has 0 saturated carbocycles. The highest BCUT2D eigenvalue weighted by Gasteiger charge is 2.24. The molecule has 5 nitrogen and oxygen atoms in total. The number of rotatable bonds is 6. The number of hydrogen-bond donors (Lipinski definition) is 2. The first-order valence-electron chi connectivity index (χ1n) is 6.61. The minimum absolute atomic E-state index is 0.0896. The highest BCUT2D eigenvalue weighted by atomic mass is 32.2. The summed E-state index contributed by atoms with van der Waals surface area (Å²) in [5, 5.41) is 2.95. The van der Waals surface area contributed by atoms with E-state index in [0.29, 0.717) is 6.54 Å². The van der Waals surface area contributed by atoms with Crippen molar-refractivity contribution in [3.63, 3.8) is 0 Å². The highest BCUT2D eigenvalue weighted by molar-refractivity contribution is 7.89. The second-order valence-electron chi connectivity index (χ2n) is 5.82. The quantitative estimate of drug-likeness (QED) is 0.844. The summed E-state index contributed by atoms with van der Waals surface area (Å²) < 4.78 is 44.7. The van der Waals surface area contributed by atoms with Crippen molar-refractivity contribution < 1.29 is 17.5 Å². The summed E-state index contributed by atoms with van der Waals surface area (Å²) in [7, 11) is -0.748. The summed E-state index contributed by atoms with van der Waals surface area (Å²) in [6.07, 6.45) is -0.0994. The molecule has 1 rings (SSSR count). The summed E-state index contributed by atoms with van der Waals surface area (Å²) in [6, 6.07) is 3.76. The summed E-state index contributed by atoms with van der Waals surface area (Å²) in [6.45, 7) is 6.51. The van der Waals surface area contributed by atoms with Gasteiger partial charge in [-0.25, -0.2) is 17.5 Å². The van der Waals surface area contributed by atoms with Gasteiger partial charge in [0.15, 0.2) is 0 Å². The molecule has 0 aliphatic carbocycles. The van der Waals surface area contributed by atoms with Crippen LogP contribution in [-0.2, 0) is 14.8 Å². The maximum absolute atomic E-state index is 14.0. The van der Waals surface area contributed by atoms with Crippen LogP contribution in [0, 0.1) is 11.2 Å². The van der Waals surface area contributed by atoms with E-state index in [1.54, 1.807) is 7.11 Å². The summed E-state index contributed by atoms with van der Waals surface area (Å²) >= 11 is 0. The number of ether oxygens (including phenoxy) is 1. The maximum atomic E-state index is 14.0. The average molecular weight is 318 g/mol. The van der Waals surface area contributed by atoms with Crippen LogP contribution >= 0.6 is 0 Å². The molecule has 7 heteroatoms. The van der Waals surface area contributed by atoms with Gasteiger partial charge in [-0.1, -0.05) is 20.8 Å². The fourth-order valence-electron chi connectivity index (χ4n) is 1.87. The fourth-order valence-corrected chi connectivity index (χ4v) is 2.61. The van der Waals surface area contributed by atoms with Crippen LogP contribution in [-0.4, -0.2) is 35.2 Å². The van der Waals surface area contributed by atoms with Gasteiger partial charge >= 0.3 is 0 Å². The number of benzene rings is 1. The predicted molar refractivity (Wildman–Crippen MR) is 81.4 cm³/mol. The predicted octanol–water partition coefficient (Wildman–Crippen LogP) is 2.21. The number of anilines is 1. The molecule has 1 unspecified atom stereocenters. The van der Waals surface area contributed by atoms with Gasteiger partial charge in [-0.3, -0.25) is 0 Å². The normalized spacial score (nSPS) is 14.0. The van der Waals surface area contributed by atoms with Crippen LogP contribution in [0.1, 0.15) is 20.8 Å². The van der Waals surface area contributed by atoms with Crippen molar-refractivity contribution >= 4 is 15.7 Å². The van der Waals surface area contributed by atoms with Crippen molar-refractivity contribution in [1.82, 2.24) is 4.72 Å². The number of sulfonamides is 1. The molecule has 0 amide bonds. The molecule has 120 valence electrons. The van der Waals surface area contributed by atoms with Crippen molar-refractivity contribution in [1.29, 1.82) is 0 Å². The summed E-state index contributed by atoms with van der Waals surface area (Å²) in [5.41, 5.74) is 0.157. The van der Waals surface area contributed by atoms with E-state index >= 15 is 0 Å². The van der Waals surface area contributed by atoms with Gasteiger partial charge in [0.05, 0.1) is 16.7 Å². The van der Waals surface area contributed by atoms with Gasteiger partial charge in [0, 0.05) is 13.7 Å². The third kappa shape index (κ3) is 4.66. The Hall–Kier alpha value is -1.18. The molecule has 0 aliphatic rings. The smallest absolute Gasteiger partial charge is 0.240 e. The van der Waals surface area contributed by atoms with Crippen LogP contribution in [0.4, 0.5) is 10.1 Å².